The van der Waals surface area contributed by atoms with Crippen molar-refractivity contribution in [3.05, 3.63) is 71.3 Å². The third kappa shape index (κ3) is 2.26. The second kappa shape index (κ2) is 4.86. The molecule has 2 N–H and O–H groups in total. The van der Waals surface area contributed by atoms with Gasteiger partial charge >= 0.3 is 0 Å². The van der Waals surface area contributed by atoms with Crippen LogP contribution in [0.2, 0.25) is 0 Å². The Morgan fingerprint density at radius 2 is 1.62 bits per heavy atom. The van der Waals surface area contributed by atoms with Crippen LogP contribution in [0.3, 0.4) is 0 Å². The third-order valence-electron chi connectivity index (χ3n) is 4.14. The molecule has 1 aromatic heterocycles. The van der Waals surface area contributed by atoms with Crippen molar-refractivity contribution < 1.29 is 0 Å². The van der Waals surface area contributed by atoms with Crippen LogP contribution in [0.1, 0.15) is 16.7 Å². The van der Waals surface area contributed by atoms with Crippen LogP contribution >= 0.6 is 0 Å². The van der Waals surface area contributed by atoms with Gasteiger partial charge in [0.15, 0.2) is 0 Å². The number of nitrogens with zero attached hydrogens (tertiary/aromatic N) is 2. The molecular formula is C18H17N3. The summed E-state index contributed by atoms with van der Waals surface area (Å²) in [6.45, 7) is 2.82. The normalized spacial score (nSPS) is 14.5. The monoisotopic (exact) mass is 275 g/mol. The summed E-state index contributed by atoms with van der Waals surface area (Å²) in [4.78, 5) is 6.93. The lowest BCUT2D eigenvalue weighted by molar-refractivity contribution is 0.276. The number of para-hydroxylation sites is 1. The number of hydrogen-bond acceptors (Lipinski definition) is 3. The molecule has 0 spiro atoms. The number of aromatic nitrogens is 1. The first-order valence-electron chi connectivity index (χ1n) is 7.23. The van der Waals surface area contributed by atoms with Gasteiger partial charge in [0.1, 0.15) is 5.82 Å². The number of rotatable bonds is 2. The molecule has 0 saturated carbocycles. The highest BCUT2D eigenvalue weighted by molar-refractivity contribution is 5.81. The zero-order chi connectivity index (χ0) is 14.2. The second-order valence-electron chi connectivity index (χ2n) is 5.64. The molecule has 0 fully saturated rings. The zero-order valence-corrected chi connectivity index (χ0v) is 11.8. The van der Waals surface area contributed by atoms with E-state index in [1.165, 1.54) is 11.1 Å². The van der Waals surface area contributed by atoms with Gasteiger partial charge in [-0.05, 0) is 23.3 Å². The Kier molecular flexibility index (Phi) is 2.86. The summed E-state index contributed by atoms with van der Waals surface area (Å²) >= 11 is 0. The number of hydrogen-bond donors (Lipinski definition) is 1. The van der Waals surface area contributed by atoms with E-state index in [4.69, 9.17) is 5.73 Å². The first-order chi connectivity index (χ1) is 10.3. The molecule has 3 aromatic rings. The number of nitrogen functional groups attached to an aromatic ring is 1. The maximum Gasteiger partial charge on any atom is 0.128 e. The Hall–Kier alpha value is -2.39. The number of pyridine rings is 1. The van der Waals surface area contributed by atoms with Crippen LogP contribution in [0.15, 0.2) is 54.6 Å². The molecule has 0 radical (unpaired) electrons. The van der Waals surface area contributed by atoms with Gasteiger partial charge in [0.2, 0.25) is 0 Å². The molecule has 4 rings (SSSR count). The summed E-state index contributed by atoms with van der Waals surface area (Å²) in [6.07, 6.45) is 0. The first kappa shape index (κ1) is 12.4. The van der Waals surface area contributed by atoms with Crippen molar-refractivity contribution in [1.29, 1.82) is 0 Å². The summed E-state index contributed by atoms with van der Waals surface area (Å²) in [7, 11) is 0. The Morgan fingerprint density at radius 1 is 0.952 bits per heavy atom. The molecule has 3 heteroatoms. The van der Waals surface area contributed by atoms with E-state index in [-0.39, 0.29) is 0 Å². The molecule has 2 aromatic carbocycles. The lowest BCUT2D eigenvalue weighted by Gasteiger charge is -2.16. The van der Waals surface area contributed by atoms with Crippen molar-refractivity contribution in [2.24, 2.45) is 0 Å². The van der Waals surface area contributed by atoms with Gasteiger partial charge in [0.05, 0.1) is 5.52 Å². The quantitative estimate of drug-likeness (QED) is 0.780. The molecule has 1 aliphatic heterocycles. The van der Waals surface area contributed by atoms with Gasteiger partial charge in [-0.3, -0.25) is 4.90 Å². The van der Waals surface area contributed by atoms with Crippen LogP contribution in [0, 0.1) is 0 Å². The average molecular weight is 275 g/mol. The van der Waals surface area contributed by atoms with Crippen LogP contribution in [-0.2, 0) is 19.6 Å². The van der Waals surface area contributed by atoms with Crippen molar-refractivity contribution in [3.63, 3.8) is 0 Å². The van der Waals surface area contributed by atoms with Gasteiger partial charge in [0.25, 0.3) is 0 Å². The molecule has 0 amide bonds. The smallest absolute Gasteiger partial charge is 0.128 e. The van der Waals surface area contributed by atoms with Crippen LogP contribution in [0.5, 0.6) is 0 Å². The van der Waals surface area contributed by atoms with Crippen LogP contribution in [-0.4, -0.2) is 9.88 Å². The number of nitrogens with two attached hydrogens (primary N) is 1. The van der Waals surface area contributed by atoms with E-state index in [1.807, 2.05) is 18.2 Å². The Labute approximate surface area is 124 Å². The summed E-state index contributed by atoms with van der Waals surface area (Å²) in [5.74, 6) is 0.643. The average Bonchev–Trinajstić information content (AvgIpc) is 2.90. The highest BCUT2D eigenvalue weighted by atomic mass is 15.1. The molecule has 104 valence electrons. The molecule has 0 saturated heterocycles. The van der Waals surface area contributed by atoms with E-state index in [0.29, 0.717) is 5.82 Å². The lowest BCUT2D eigenvalue weighted by atomic mass is 10.1. The van der Waals surface area contributed by atoms with Gasteiger partial charge in [0, 0.05) is 30.6 Å². The predicted octanol–water partition coefficient (Wildman–Crippen LogP) is 3.33. The van der Waals surface area contributed by atoms with E-state index >= 15 is 0 Å². The zero-order valence-electron chi connectivity index (χ0n) is 11.8. The van der Waals surface area contributed by atoms with Crippen molar-refractivity contribution in [2.75, 3.05) is 5.73 Å². The van der Waals surface area contributed by atoms with Gasteiger partial charge in [-0.1, -0.05) is 42.5 Å². The summed E-state index contributed by atoms with van der Waals surface area (Å²) < 4.78 is 0. The molecule has 0 aliphatic carbocycles. The number of anilines is 1. The SMILES string of the molecule is Nc1nc2ccccc2cc1CN1Cc2ccccc2C1. The van der Waals surface area contributed by atoms with E-state index in [0.717, 1.165) is 36.1 Å². The van der Waals surface area contributed by atoms with Crippen LogP contribution < -0.4 is 5.73 Å². The summed E-state index contributed by atoms with van der Waals surface area (Å²) in [5.41, 5.74) is 11.0. The second-order valence-corrected chi connectivity index (χ2v) is 5.64. The minimum absolute atomic E-state index is 0.643. The minimum Gasteiger partial charge on any atom is -0.383 e. The van der Waals surface area contributed by atoms with Gasteiger partial charge in [-0.2, -0.15) is 0 Å². The molecule has 1 aliphatic rings. The largest absolute Gasteiger partial charge is 0.383 e. The molecule has 0 atom stereocenters. The summed E-state index contributed by atoms with van der Waals surface area (Å²) in [5, 5.41) is 1.15. The summed E-state index contributed by atoms with van der Waals surface area (Å²) in [6, 6.07) is 18.9. The van der Waals surface area contributed by atoms with E-state index in [9.17, 15) is 0 Å². The van der Waals surface area contributed by atoms with Gasteiger partial charge in [-0.25, -0.2) is 4.98 Å². The Balaban J connectivity index is 1.62. The molecule has 0 bridgehead atoms. The number of fused-ring (bicyclic) bond motifs is 2. The molecule has 2 heterocycles. The van der Waals surface area contributed by atoms with E-state index in [2.05, 4.69) is 46.3 Å². The lowest BCUT2D eigenvalue weighted by Crippen LogP contribution is -2.17. The van der Waals surface area contributed by atoms with Gasteiger partial charge in [-0.15, -0.1) is 0 Å². The Morgan fingerprint density at radius 3 is 2.38 bits per heavy atom. The fourth-order valence-electron chi connectivity index (χ4n) is 3.06. The first-order valence-corrected chi connectivity index (χ1v) is 7.23. The fraction of sp³-hybridized carbons (Fsp3) is 0.167. The molecular weight excluding hydrogens is 258 g/mol. The van der Waals surface area contributed by atoms with E-state index < -0.39 is 0 Å². The Bertz CT molecular complexity index is 785. The maximum atomic E-state index is 6.13. The third-order valence-corrected chi connectivity index (χ3v) is 4.14. The van der Waals surface area contributed by atoms with Crippen molar-refractivity contribution in [1.82, 2.24) is 9.88 Å². The predicted molar refractivity (Wildman–Crippen MR) is 85.5 cm³/mol. The highest BCUT2D eigenvalue weighted by Crippen LogP contribution is 2.26. The number of benzene rings is 2. The van der Waals surface area contributed by atoms with Crippen molar-refractivity contribution in [2.45, 2.75) is 19.6 Å². The standard InChI is InChI=1S/C18H17N3/c19-18-16(9-13-5-3-4-8-17(13)20-18)12-21-10-14-6-1-2-7-15(14)11-21/h1-9H,10-12H2,(H2,19,20). The maximum absolute atomic E-state index is 6.13. The van der Waals surface area contributed by atoms with Gasteiger partial charge < -0.3 is 5.73 Å². The van der Waals surface area contributed by atoms with Crippen molar-refractivity contribution >= 4 is 16.7 Å². The topological polar surface area (TPSA) is 42.1 Å². The van der Waals surface area contributed by atoms with Crippen molar-refractivity contribution in [3.8, 4) is 0 Å². The van der Waals surface area contributed by atoms with Crippen LogP contribution in [0.25, 0.3) is 10.9 Å². The van der Waals surface area contributed by atoms with E-state index in [1.54, 1.807) is 0 Å². The van der Waals surface area contributed by atoms with Crippen LogP contribution in [0.4, 0.5) is 5.82 Å². The fourth-order valence-corrected chi connectivity index (χ4v) is 3.06. The molecule has 21 heavy (non-hydrogen) atoms. The molecule has 0 unspecified atom stereocenters. The highest BCUT2D eigenvalue weighted by Gasteiger charge is 2.19. The minimum atomic E-state index is 0.643. The molecule has 3 nitrogen and oxygen atoms in total.